The molecule has 2 rings (SSSR count). The molecule has 0 saturated heterocycles. The molecule has 0 aromatic heterocycles. The molecule has 0 saturated carbocycles. The maximum atomic E-state index is 12.4. The van der Waals surface area contributed by atoms with Gasteiger partial charge in [-0.15, -0.1) is 0 Å². The number of hydrogen-bond donors (Lipinski definition) is 1. The van der Waals surface area contributed by atoms with Crippen molar-refractivity contribution in [2.45, 2.75) is 26.3 Å². The molecule has 0 spiro atoms. The Morgan fingerprint density at radius 1 is 1.00 bits per heavy atom. The van der Waals surface area contributed by atoms with E-state index in [9.17, 15) is 4.79 Å². The zero-order chi connectivity index (χ0) is 16.7. The van der Waals surface area contributed by atoms with E-state index < -0.39 is 0 Å². The maximum Gasteiger partial charge on any atom is 0.239 e. The highest BCUT2D eigenvalue weighted by molar-refractivity contribution is 5.81. The lowest BCUT2D eigenvalue weighted by atomic mass is 9.97. The Morgan fingerprint density at radius 2 is 1.57 bits per heavy atom. The summed E-state index contributed by atoms with van der Waals surface area (Å²) >= 11 is 0. The topological polar surface area (TPSA) is 32.3 Å². The Hall–Kier alpha value is -2.29. The largest absolute Gasteiger partial charge is 0.365 e. The number of amides is 1. The molecule has 3 nitrogen and oxygen atoms in total. The van der Waals surface area contributed by atoms with Crippen LogP contribution >= 0.6 is 0 Å². The predicted molar refractivity (Wildman–Crippen MR) is 96.5 cm³/mol. The molecule has 0 aliphatic heterocycles. The van der Waals surface area contributed by atoms with Crippen LogP contribution in [0.3, 0.4) is 0 Å². The minimum absolute atomic E-state index is 0.0471. The fourth-order valence-electron chi connectivity index (χ4n) is 2.66. The molecule has 23 heavy (non-hydrogen) atoms. The van der Waals surface area contributed by atoms with Gasteiger partial charge >= 0.3 is 0 Å². The number of anilines is 1. The third kappa shape index (κ3) is 5.44. The molecule has 0 fully saturated rings. The summed E-state index contributed by atoms with van der Waals surface area (Å²) in [4.78, 5) is 14.4. The summed E-state index contributed by atoms with van der Waals surface area (Å²) in [6.07, 6.45) is 0.935. The number of para-hydroxylation sites is 1. The summed E-state index contributed by atoms with van der Waals surface area (Å²) in [6, 6.07) is 20.2. The fourth-order valence-corrected chi connectivity index (χ4v) is 2.66. The van der Waals surface area contributed by atoms with Crippen molar-refractivity contribution in [3.05, 3.63) is 66.2 Å². The highest BCUT2D eigenvalue weighted by atomic mass is 16.2. The van der Waals surface area contributed by atoms with Crippen LogP contribution in [0.2, 0.25) is 0 Å². The summed E-state index contributed by atoms with van der Waals surface area (Å²) in [5, 5.41) is 3.18. The van der Waals surface area contributed by atoms with Gasteiger partial charge in [0.25, 0.3) is 0 Å². The standard InChI is InChI=1S/C20H26N2O/c1-16(2)14-19(17-10-6-4-7-11-17)21-20(23)15-22(3)18-12-8-5-9-13-18/h4-13,16,19H,14-15H2,1-3H3,(H,21,23)/t19-/m1/s1. The minimum atomic E-state index is 0.0471. The van der Waals surface area contributed by atoms with Crippen molar-refractivity contribution in [1.29, 1.82) is 0 Å². The van der Waals surface area contributed by atoms with Crippen LogP contribution in [0, 0.1) is 5.92 Å². The van der Waals surface area contributed by atoms with Crippen LogP contribution in [0.4, 0.5) is 5.69 Å². The fraction of sp³-hybridized carbons (Fsp3) is 0.350. The van der Waals surface area contributed by atoms with Crippen molar-refractivity contribution in [1.82, 2.24) is 5.32 Å². The van der Waals surface area contributed by atoms with Gasteiger partial charge in [0.1, 0.15) is 0 Å². The van der Waals surface area contributed by atoms with Crippen LogP contribution in [-0.2, 0) is 4.79 Å². The van der Waals surface area contributed by atoms with Crippen molar-refractivity contribution in [3.8, 4) is 0 Å². The Morgan fingerprint density at radius 3 is 2.13 bits per heavy atom. The first-order chi connectivity index (χ1) is 11.1. The first-order valence-corrected chi connectivity index (χ1v) is 8.16. The molecule has 0 aliphatic rings. The number of likely N-dealkylation sites (N-methyl/N-ethyl adjacent to an activating group) is 1. The number of rotatable bonds is 7. The summed E-state index contributed by atoms with van der Waals surface area (Å²) in [5.74, 6) is 0.568. The number of hydrogen-bond acceptors (Lipinski definition) is 2. The highest BCUT2D eigenvalue weighted by Crippen LogP contribution is 2.21. The molecule has 2 aromatic carbocycles. The zero-order valence-electron chi connectivity index (χ0n) is 14.2. The van der Waals surface area contributed by atoms with Crippen molar-refractivity contribution < 1.29 is 4.79 Å². The number of benzene rings is 2. The van der Waals surface area contributed by atoms with Crippen molar-refractivity contribution in [3.63, 3.8) is 0 Å². The lowest BCUT2D eigenvalue weighted by Gasteiger charge is -2.24. The van der Waals surface area contributed by atoms with Gasteiger partial charge < -0.3 is 10.2 Å². The van der Waals surface area contributed by atoms with E-state index in [1.807, 2.05) is 60.5 Å². The SMILES string of the molecule is CC(C)C[C@@H](NC(=O)CN(C)c1ccccc1)c1ccccc1. The van der Waals surface area contributed by atoms with E-state index >= 15 is 0 Å². The highest BCUT2D eigenvalue weighted by Gasteiger charge is 2.17. The summed E-state index contributed by atoms with van der Waals surface area (Å²) in [6.45, 7) is 4.71. The Kier molecular flexibility index (Phi) is 6.21. The van der Waals surface area contributed by atoms with Crippen LogP contribution in [0.5, 0.6) is 0 Å². The first kappa shape index (κ1) is 17.1. The number of carbonyl (C=O) groups is 1. The molecule has 1 amide bonds. The first-order valence-electron chi connectivity index (χ1n) is 8.16. The smallest absolute Gasteiger partial charge is 0.239 e. The van der Waals surface area contributed by atoms with Gasteiger partial charge in [-0.2, -0.15) is 0 Å². The predicted octanol–water partition coefficient (Wildman–Crippen LogP) is 4.03. The lowest BCUT2D eigenvalue weighted by molar-refractivity contribution is -0.120. The number of nitrogens with zero attached hydrogens (tertiary/aromatic N) is 1. The zero-order valence-corrected chi connectivity index (χ0v) is 14.2. The van der Waals surface area contributed by atoms with Crippen LogP contribution in [0.25, 0.3) is 0 Å². The van der Waals surface area contributed by atoms with E-state index in [0.29, 0.717) is 12.5 Å². The normalized spacial score (nSPS) is 12.0. The van der Waals surface area contributed by atoms with Gasteiger partial charge in [0.15, 0.2) is 0 Å². The van der Waals surface area contributed by atoms with Crippen LogP contribution < -0.4 is 10.2 Å². The average Bonchev–Trinajstić information content (AvgIpc) is 2.55. The second-order valence-corrected chi connectivity index (χ2v) is 6.35. The molecule has 0 unspecified atom stereocenters. The van der Waals surface area contributed by atoms with Gasteiger partial charge in [0.2, 0.25) is 5.91 Å². The third-order valence-corrected chi connectivity index (χ3v) is 3.82. The summed E-state index contributed by atoms with van der Waals surface area (Å²) < 4.78 is 0. The second-order valence-electron chi connectivity index (χ2n) is 6.35. The minimum Gasteiger partial charge on any atom is -0.365 e. The Balaban J connectivity index is 2.00. The molecule has 0 aliphatic carbocycles. The van der Waals surface area contributed by atoms with Crippen molar-refractivity contribution in [2.24, 2.45) is 5.92 Å². The van der Waals surface area contributed by atoms with E-state index in [-0.39, 0.29) is 11.9 Å². The molecule has 0 radical (unpaired) electrons. The van der Waals surface area contributed by atoms with E-state index in [0.717, 1.165) is 17.7 Å². The van der Waals surface area contributed by atoms with Crippen LogP contribution in [0.15, 0.2) is 60.7 Å². The van der Waals surface area contributed by atoms with Gasteiger partial charge in [-0.25, -0.2) is 0 Å². The van der Waals surface area contributed by atoms with Gasteiger partial charge in [0.05, 0.1) is 12.6 Å². The molecular formula is C20H26N2O. The quantitative estimate of drug-likeness (QED) is 0.837. The summed E-state index contributed by atoms with van der Waals surface area (Å²) in [5.41, 5.74) is 2.21. The molecular weight excluding hydrogens is 284 g/mol. The molecule has 1 N–H and O–H groups in total. The van der Waals surface area contributed by atoms with E-state index in [1.54, 1.807) is 0 Å². The Bertz CT molecular complexity index is 596. The molecule has 3 heteroatoms. The average molecular weight is 310 g/mol. The molecule has 0 heterocycles. The van der Waals surface area contributed by atoms with Crippen LogP contribution in [0.1, 0.15) is 31.9 Å². The van der Waals surface area contributed by atoms with E-state index in [2.05, 4.69) is 31.3 Å². The number of carbonyl (C=O) groups excluding carboxylic acids is 1. The lowest BCUT2D eigenvalue weighted by Crippen LogP contribution is -2.37. The third-order valence-electron chi connectivity index (χ3n) is 3.82. The van der Waals surface area contributed by atoms with Crippen LogP contribution in [-0.4, -0.2) is 19.5 Å². The van der Waals surface area contributed by atoms with Gasteiger partial charge in [-0.3, -0.25) is 4.79 Å². The molecule has 0 bridgehead atoms. The van der Waals surface area contributed by atoms with Gasteiger partial charge in [-0.1, -0.05) is 62.4 Å². The van der Waals surface area contributed by atoms with Gasteiger partial charge in [0, 0.05) is 12.7 Å². The number of nitrogens with one attached hydrogen (secondary N) is 1. The summed E-state index contributed by atoms with van der Waals surface area (Å²) in [7, 11) is 1.94. The molecule has 1 atom stereocenters. The Labute approximate surface area is 139 Å². The molecule has 2 aromatic rings. The van der Waals surface area contributed by atoms with Gasteiger partial charge in [-0.05, 0) is 30.0 Å². The van der Waals surface area contributed by atoms with E-state index in [1.165, 1.54) is 0 Å². The van der Waals surface area contributed by atoms with Crippen molar-refractivity contribution >= 4 is 11.6 Å². The van der Waals surface area contributed by atoms with E-state index in [4.69, 9.17) is 0 Å². The maximum absolute atomic E-state index is 12.4. The monoisotopic (exact) mass is 310 g/mol. The second kappa shape index (κ2) is 8.37. The molecule has 122 valence electrons. The van der Waals surface area contributed by atoms with Crippen molar-refractivity contribution in [2.75, 3.05) is 18.5 Å².